The van der Waals surface area contributed by atoms with Gasteiger partial charge < -0.3 is 14.8 Å². The fourth-order valence-corrected chi connectivity index (χ4v) is 1.59. The van der Waals surface area contributed by atoms with Gasteiger partial charge in [-0.05, 0) is 26.0 Å². The third-order valence-corrected chi connectivity index (χ3v) is 2.34. The van der Waals surface area contributed by atoms with Crippen molar-refractivity contribution in [2.45, 2.75) is 13.8 Å². The van der Waals surface area contributed by atoms with Gasteiger partial charge in [-0.15, -0.1) is 0 Å². The molecule has 5 nitrogen and oxygen atoms in total. The Labute approximate surface area is 112 Å². The van der Waals surface area contributed by atoms with Gasteiger partial charge in [-0.25, -0.2) is 9.97 Å². The van der Waals surface area contributed by atoms with Crippen LogP contribution < -0.4 is 14.8 Å². The number of aromatic nitrogens is 2. The Hall–Kier alpha value is -2.30. The zero-order chi connectivity index (χ0) is 13.5. The molecule has 2 aromatic rings. The van der Waals surface area contributed by atoms with Crippen LogP contribution in [0.3, 0.4) is 0 Å². The van der Waals surface area contributed by atoms with Crippen molar-refractivity contribution in [3.05, 3.63) is 36.7 Å². The summed E-state index contributed by atoms with van der Waals surface area (Å²) in [6.07, 6.45) is 1.47. The number of anilines is 1. The molecule has 19 heavy (non-hydrogen) atoms. The molecule has 0 unspecified atom stereocenters. The van der Waals surface area contributed by atoms with E-state index in [4.69, 9.17) is 9.47 Å². The molecule has 0 aliphatic rings. The van der Waals surface area contributed by atoms with Gasteiger partial charge >= 0.3 is 0 Å². The van der Waals surface area contributed by atoms with E-state index < -0.39 is 0 Å². The SMILES string of the molecule is CCNc1cc(Oc2cccc(OCC)c2)ncn1. The van der Waals surface area contributed by atoms with Gasteiger partial charge in [0.2, 0.25) is 5.88 Å². The summed E-state index contributed by atoms with van der Waals surface area (Å²) in [6.45, 7) is 5.38. The maximum Gasteiger partial charge on any atom is 0.224 e. The monoisotopic (exact) mass is 259 g/mol. The van der Waals surface area contributed by atoms with Gasteiger partial charge in [0.25, 0.3) is 0 Å². The second kappa shape index (κ2) is 6.58. The van der Waals surface area contributed by atoms with Gasteiger partial charge in [0.15, 0.2) is 0 Å². The van der Waals surface area contributed by atoms with E-state index in [1.807, 2.05) is 38.1 Å². The van der Waals surface area contributed by atoms with Gasteiger partial charge in [0, 0.05) is 18.7 Å². The lowest BCUT2D eigenvalue weighted by Gasteiger charge is -2.08. The van der Waals surface area contributed by atoms with E-state index in [-0.39, 0.29) is 0 Å². The van der Waals surface area contributed by atoms with Crippen LogP contribution in [0.25, 0.3) is 0 Å². The Morgan fingerprint density at radius 3 is 2.74 bits per heavy atom. The summed E-state index contributed by atoms with van der Waals surface area (Å²) in [5, 5.41) is 3.11. The molecule has 100 valence electrons. The number of benzene rings is 1. The van der Waals surface area contributed by atoms with E-state index in [1.165, 1.54) is 6.33 Å². The van der Waals surface area contributed by atoms with E-state index in [0.717, 1.165) is 18.1 Å². The summed E-state index contributed by atoms with van der Waals surface area (Å²) in [5.41, 5.74) is 0. The summed E-state index contributed by atoms with van der Waals surface area (Å²) < 4.78 is 11.1. The van der Waals surface area contributed by atoms with Crippen LogP contribution in [0, 0.1) is 0 Å². The molecule has 1 heterocycles. The lowest BCUT2D eigenvalue weighted by atomic mass is 10.3. The van der Waals surface area contributed by atoms with E-state index in [2.05, 4.69) is 15.3 Å². The molecule has 1 aromatic carbocycles. The second-order valence-electron chi connectivity index (χ2n) is 3.78. The predicted molar refractivity (Wildman–Crippen MR) is 73.9 cm³/mol. The fraction of sp³-hybridized carbons (Fsp3) is 0.286. The molecule has 2 rings (SSSR count). The van der Waals surface area contributed by atoms with Crippen LogP contribution in [0.5, 0.6) is 17.4 Å². The Kier molecular flexibility index (Phi) is 4.55. The molecule has 0 aliphatic heterocycles. The van der Waals surface area contributed by atoms with Crippen LogP contribution in [0.15, 0.2) is 36.7 Å². The maximum absolute atomic E-state index is 5.68. The first-order valence-electron chi connectivity index (χ1n) is 6.28. The Morgan fingerprint density at radius 1 is 1.11 bits per heavy atom. The first-order valence-corrected chi connectivity index (χ1v) is 6.28. The second-order valence-corrected chi connectivity index (χ2v) is 3.78. The average Bonchev–Trinajstić information content (AvgIpc) is 2.40. The molecule has 0 saturated carbocycles. The molecule has 5 heteroatoms. The molecule has 0 bridgehead atoms. The summed E-state index contributed by atoms with van der Waals surface area (Å²) in [5.74, 6) is 2.71. The van der Waals surface area contributed by atoms with Crippen LogP contribution in [-0.2, 0) is 0 Å². The van der Waals surface area contributed by atoms with E-state index in [1.54, 1.807) is 6.07 Å². The summed E-state index contributed by atoms with van der Waals surface area (Å²) in [4.78, 5) is 8.17. The van der Waals surface area contributed by atoms with Crippen molar-refractivity contribution in [1.82, 2.24) is 9.97 Å². The van der Waals surface area contributed by atoms with Crippen LogP contribution in [0.2, 0.25) is 0 Å². The van der Waals surface area contributed by atoms with Gasteiger partial charge in [-0.3, -0.25) is 0 Å². The lowest BCUT2D eigenvalue weighted by molar-refractivity contribution is 0.338. The minimum atomic E-state index is 0.500. The van der Waals surface area contributed by atoms with Crippen molar-refractivity contribution >= 4 is 5.82 Å². The standard InChI is InChI=1S/C14H17N3O2/c1-3-15-13-9-14(17-10-16-13)19-12-7-5-6-11(8-12)18-4-2/h5-10H,3-4H2,1-2H3,(H,15,16,17). The first-order chi connectivity index (χ1) is 9.31. The van der Waals surface area contributed by atoms with Crippen molar-refractivity contribution in [2.75, 3.05) is 18.5 Å². The third kappa shape index (κ3) is 3.84. The highest BCUT2D eigenvalue weighted by Crippen LogP contribution is 2.24. The molecule has 0 saturated heterocycles. The lowest BCUT2D eigenvalue weighted by Crippen LogP contribution is -2.00. The molecule has 0 fully saturated rings. The summed E-state index contributed by atoms with van der Waals surface area (Å²) in [6, 6.07) is 9.22. The summed E-state index contributed by atoms with van der Waals surface area (Å²) >= 11 is 0. The molecule has 0 radical (unpaired) electrons. The molecular weight excluding hydrogens is 242 g/mol. The van der Waals surface area contributed by atoms with Crippen LogP contribution in [0.1, 0.15) is 13.8 Å². The Bertz CT molecular complexity index is 484. The first kappa shape index (κ1) is 13.1. The van der Waals surface area contributed by atoms with E-state index >= 15 is 0 Å². The zero-order valence-corrected chi connectivity index (χ0v) is 11.1. The third-order valence-electron chi connectivity index (χ3n) is 2.34. The van der Waals surface area contributed by atoms with Crippen LogP contribution in [-0.4, -0.2) is 23.1 Å². The molecule has 0 aliphatic carbocycles. The number of ether oxygens (including phenoxy) is 2. The van der Waals surface area contributed by atoms with Gasteiger partial charge in [-0.2, -0.15) is 0 Å². The molecule has 0 spiro atoms. The van der Waals surface area contributed by atoms with Crippen molar-refractivity contribution in [3.63, 3.8) is 0 Å². The largest absolute Gasteiger partial charge is 0.494 e. The maximum atomic E-state index is 5.68. The quantitative estimate of drug-likeness (QED) is 0.863. The molecule has 0 atom stereocenters. The van der Waals surface area contributed by atoms with Crippen molar-refractivity contribution in [1.29, 1.82) is 0 Å². The molecular formula is C14H17N3O2. The van der Waals surface area contributed by atoms with Crippen molar-refractivity contribution in [3.8, 4) is 17.4 Å². The highest BCUT2D eigenvalue weighted by molar-refractivity contribution is 5.40. The number of hydrogen-bond acceptors (Lipinski definition) is 5. The Morgan fingerprint density at radius 2 is 1.95 bits per heavy atom. The average molecular weight is 259 g/mol. The van der Waals surface area contributed by atoms with E-state index in [0.29, 0.717) is 18.2 Å². The number of nitrogens with one attached hydrogen (secondary N) is 1. The minimum Gasteiger partial charge on any atom is -0.494 e. The Balaban J connectivity index is 2.11. The number of rotatable bonds is 6. The minimum absolute atomic E-state index is 0.500. The van der Waals surface area contributed by atoms with E-state index in [9.17, 15) is 0 Å². The normalized spacial score (nSPS) is 10.0. The smallest absolute Gasteiger partial charge is 0.224 e. The van der Waals surface area contributed by atoms with Crippen molar-refractivity contribution < 1.29 is 9.47 Å². The van der Waals surface area contributed by atoms with Crippen LogP contribution in [0.4, 0.5) is 5.82 Å². The van der Waals surface area contributed by atoms with Crippen LogP contribution >= 0.6 is 0 Å². The van der Waals surface area contributed by atoms with Gasteiger partial charge in [0.05, 0.1) is 6.61 Å². The summed E-state index contributed by atoms with van der Waals surface area (Å²) in [7, 11) is 0. The molecule has 1 aromatic heterocycles. The highest BCUT2D eigenvalue weighted by Gasteiger charge is 2.02. The zero-order valence-electron chi connectivity index (χ0n) is 11.1. The molecule has 0 amide bonds. The fourth-order valence-electron chi connectivity index (χ4n) is 1.59. The van der Waals surface area contributed by atoms with Gasteiger partial charge in [0.1, 0.15) is 23.6 Å². The predicted octanol–water partition coefficient (Wildman–Crippen LogP) is 3.10. The highest BCUT2D eigenvalue weighted by atomic mass is 16.5. The van der Waals surface area contributed by atoms with Gasteiger partial charge in [-0.1, -0.05) is 6.07 Å². The number of hydrogen-bond donors (Lipinski definition) is 1. The molecule has 1 N–H and O–H groups in total. The van der Waals surface area contributed by atoms with Crippen molar-refractivity contribution in [2.24, 2.45) is 0 Å². The topological polar surface area (TPSA) is 56.3 Å². The number of nitrogens with zero attached hydrogens (tertiary/aromatic N) is 2.